The molecule has 1 amide bonds. The smallest absolute Gasteiger partial charge is 0.276 e. The van der Waals surface area contributed by atoms with Gasteiger partial charge in [-0.15, -0.1) is 0 Å². The Bertz CT molecular complexity index is 968. The number of anilines is 1. The number of carbonyl (C=O) groups is 1. The van der Waals surface area contributed by atoms with Gasteiger partial charge in [-0.25, -0.2) is 19.7 Å². The lowest BCUT2D eigenvalue weighted by molar-refractivity contribution is 0.247. The molecule has 0 aliphatic heterocycles. The Hall–Kier alpha value is -2.38. The highest BCUT2D eigenvalue weighted by molar-refractivity contribution is 7.98. The lowest BCUT2D eigenvalue weighted by Gasteiger charge is -2.23. The van der Waals surface area contributed by atoms with Gasteiger partial charge in [0.2, 0.25) is 0 Å². The van der Waals surface area contributed by atoms with Gasteiger partial charge in [0.1, 0.15) is 17.7 Å². The van der Waals surface area contributed by atoms with Crippen LogP contribution >= 0.6 is 23.4 Å². The van der Waals surface area contributed by atoms with Gasteiger partial charge in [-0.05, 0) is 30.6 Å². The van der Waals surface area contributed by atoms with Gasteiger partial charge in [0, 0.05) is 24.7 Å². The summed E-state index contributed by atoms with van der Waals surface area (Å²) < 4.78 is 1.46. The molecule has 0 aliphatic rings. The number of thioether (sulfide) groups is 1. The van der Waals surface area contributed by atoms with Crippen LogP contribution in [0, 0.1) is 0 Å². The maximum absolute atomic E-state index is 13.1. The van der Waals surface area contributed by atoms with Crippen LogP contribution in [0.2, 0.25) is 5.02 Å². The Labute approximate surface area is 205 Å². The van der Waals surface area contributed by atoms with E-state index in [0.29, 0.717) is 23.8 Å². The highest BCUT2D eigenvalue weighted by Crippen LogP contribution is 2.27. The van der Waals surface area contributed by atoms with Crippen molar-refractivity contribution in [2.24, 2.45) is 0 Å². The van der Waals surface area contributed by atoms with Crippen molar-refractivity contribution in [2.45, 2.75) is 57.6 Å². The molecule has 3 aromatic rings. The summed E-state index contributed by atoms with van der Waals surface area (Å²) in [6.45, 7) is 2.55. The second-order valence-electron chi connectivity index (χ2n) is 7.88. The molecule has 3 rings (SSSR count). The summed E-state index contributed by atoms with van der Waals surface area (Å²) >= 11 is 8.53. The fraction of sp³-hybridized carbons (Fsp3) is 0.440. The van der Waals surface area contributed by atoms with Crippen molar-refractivity contribution < 1.29 is 4.79 Å². The number of nitrogens with zero attached hydrogens (tertiary/aromatic N) is 5. The average molecular weight is 486 g/mol. The number of halogens is 1. The summed E-state index contributed by atoms with van der Waals surface area (Å²) in [5.74, 6) is 2.76. The fourth-order valence-electron chi connectivity index (χ4n) is 3.58. The number of aryl methyl sites for hydroxylation is 1. The molecule has 0 N–H and O–H groups in total. The van der Waals surface area contributed by atoms with Crippen LogP contribution in [0.1, 0.15) is 56.7 Å². The molecule has 0 radical (unpaired) electrons. The largest absolute Gasteiger partial charge is 0.335 e. The number of benzene rings is 1. The maximum atomic E-state index is 13.1. The summed E-state index contributed by atoms with van der Waals surface area (Å²) in [6.07, 6.45) is 13.7. The van der Waals surface area contributed by atoms with E-state index in [4.69, 9.17) is 11.6 Å². The van der Waals surface area contributed by atoms with Crippen molar-refractivity contribution in [1.29, 1.82) is 0 Å². The second-order valence-corrected chi connectivity index (χ2v) is 9.36. The number of rotatable bonds is 13. The molecule has 0 saturated carbocycles. The van der Waals surface area contributed by atoms with Crippen molar-refractivity contribution in [2.75, 3.05) is 17.2 Å². The maximum Gasteiger partial charge on any atom is 0.335 e. The molecule has 1 aromatic carbocycles. The van der Waals surface area contributed by atoms with E-state index < -0.39 is 0 Å². The van der Waals surface area contributed by atoms with E-state index in [1.807, 2.05) is 18.7 Å². The summed E-state index contributed by atoms with van der Waals surface area (Å²) in [5.41, 5.74) is 2.14. The first kappa shape index (κ1) is 25.2. The van der Waals surface area contributed by atoms with E-state index >= 15 is 0 Å². The van der Waals surface area contributed by atoms with Gasteiger partial charge in [0.05, 0.1) is 5.69 Å². The Kier molecular flexibility index (Phi) is 10.7. The molecule has 0 unspecified atom stereocenters. The van der Waals surface area contributed by atoms with Crippen LogP contribution in [0.4, 0.5) is 10.6 Å². The molecule has 0 fully saturated rings. The molecular formula is C25H32ClN5OS. The van der Waals surface area contributed by atoms with Gasteiger partial charge in [-0.1, -0.05) is 74.5 Å². The third-order valence-electron chi connectivity index (χ3n) is 5.42. The molecule has 33 heavy (non-hydrogen) atoms. The van der Waals surface area contributed by atoms with E-state index in [0.717, 1.165) is 30.7 Å². The van der Waals surface area contributed by atoms with Gasteiger partial charge in [-0.2, -0.15) is 11.8 Å². The molecule has 0 spiro atoms. The van der Waals surface area contributed by atoms with E-state index in [1.54, 1.807) is 17.3 Å². The highest BCUT2D eigenvalue weighted by Gasteiger charge is 2.22. The molecule has 176 valence electrons. The predicted octanol–water partition coefficient (Wildman–Crippen LogP) is 6.64. The van der Waals surface area contributed by atoms with Crippen molar-refractivity contribution in [3.8, 4) is 0 Å². The predicted molar refractivity (Wildman–Crippen MR) is 137 cm³/mol. The topological polar surface area (TPSA) is 63.9 Å². The monoisotopic (exact) mass is 485 g/mol. The van der Waals surface area contributed by atoms with Crippen LogP contribution < -0.4 is 4.90 Å². The molecule has 0 bridgehead atoms. The SMILES string of the molecule is CCc1ncnc(N(CCCCCCCCSCc2ccccc2)C(=O)n2ccnc2)c1Cl. The van der Waals surface area contributed by atoms with Crippen molar-refractivity contribution in [3.63, 3.8) is 0 Å². The summed E-state index contributed by atoms with van der Waals surface area (Å²) in [6, 6.07) is 10.4. The van der Waals surface area contributed by atoms with Crippen molar-refractivity contribution >= 4 is 35.2 Å². The summed E-state index contributed by atoms with van der Waals surface area (Å²) in [5, 5.41) is 0.446. The molecule has 0 atom stereocenters. The van der Waals surface area contributed by atoms with Crippen LogP contribution in [-0.2, 0) is 12.2 Å². The van der Waals surface area contributed by atoms with Crippen molar-refractivity contribution in [1.82, 2.24) is 19.5 Å². The summed E-state index contributed by atoms with van der Waals surface area (Å²) in [7, 11) is 0. The average Bonchev–Trinajstić information content (AvgIpc) is 3.39. The molecule has 6 nitrogen and oxygen atoms in total. The number of imidazole rings is 1. The molecule has 2 heterocycles. The van der Waals surface area contributed by atoms with Gasteiger partial charge in [0.15, 0.2) is 5.82 Å². The number of aromatic nitrogens is 4. The highest BCUT2D eigenvalue weighted by atomic mass is 35.5. The fourth-order valence-corrected chi connectivity index (χ4v) is 4.89. The number of amides is 1. The quantitative estimate of drug-likeness (QED) is 0.254. The van der Waals surface area contributed by atoms with Gasteiger partial charge in [0.25, 0.3) is 0 Å². The lowest BCUT2D eigenvalue weighted by Crippen LogP contribution is -2.36. The standard InChI is InChI=1S/C25H32ClN5OS/c1-2-22-23(26)24(29-19-28-22)31(25(32)30-16-14-27-20-30)15-10-5-3-4-6-11-17-33-18-21-12-8-7-9-13-21/h7-9,12-14,16,19-20H,2-6,10-11,15,17-18H2,1H3. The number of hydrogen-bond acceptors (Lipinski definition) is 5. The van der Waals surface area contributed by atoms with Crippen LogP contribution in [0.3, 0.4) is 0 Å². The molecule has 0 saturated heterocycles. The van der Waals surface area contributed by atoms with Gasteiger partial charge in [-0.3, -0.25) is 9.47 Å². The van der Waals surface area contributed by atoms with Gasteiger partial charge >= 0.3 is 6.03 Å². The van der Waals surface area contributed by atoms with Crippen LogP contribution in [0.25, 0.3) is 0 Å². The number of unbranched alkanes of at least 4 members (excludes halogenated alkanes) is 5. The zero-order valence-electron chi connectivity index (χ0n) is 19.2. The van der Waals surface area contributed by atoms with E-state index in [1.165, 1.54) is 47.8 Å². The van der Waals surface area contributed by atoms with E-state index in [-0.39, 0.29) is 6.03 Å². The minimum Gasteiger partial charge on any atom is -0.276 e. The molecular weight excluding hydrogens is 454 g/mol. The Morgan fingerprint density at radius 1 is 1.06 bits per heavy atom. The van der Waals surface area contributed by atoms with E-state index in [9.17, 15) is 4.79 Å². The first-order valence-corrected chi connectivity index (χ1v) is 13.1. The third-order valence-corrected chi connectivity index (χ3v) is 6.92. The number of carbonyl (C=O) groups excluding carboxylic acids is 1. The van der Waals surface area contributed by atoms with Gasteiger partial charge < -0.3 is 0 Å². The third kappa shape index (κ3) is 7.86. The van der Waals surface area contributed by atoms with Crippen LogP contribution in [0.5, 0.6) is 0 Å². The minimum atomic E-state index is -0.203. The summed E-state index contributed by atoms with van der Waals surface area (Å²) in [4.78, 5) is 27.2. The first-order chi connectivity index (χ1) is 16.2. The normalized spacial score (nSPS) is 11.0. The minimum absolute atomic E-state index is 0.203. The Morgan fingerprint density at radius 3 is 2.55 bits per heavy atom. The Morgan fingerprint density at radius 2 is 1.82 bits per heavy atom. The second kappa shape index (κ2) is 14.0. The molecule has 8 heteroatoms. The molecule has 0 aliphatic carbocycles. The van der Waals surface area contributed by atoms with Crippen molar-refractivity contribution in [3.05, 3.63) is 71.7 Å². The molecule has 2 aromatic heterocycles. The lowest BCUT2D eigenvalue weighted by atomic mass is 10.1. The van der Waals surface area contributed by atoms with Crippen LogP contribution in [0.15, 0.2) is 55.4 Å². The van der Waals surface area contributed by atoms with E-state index in [2.05, 4.69) is 45.3 Å². The van der Waals surface area contributed by atoms with Crippen LogP contribution in [-0.4, -0.2) is 37.8 Å². The first-order valence-electron chi connectivity index (χ1n) is 11.6. The number of hydrogen-bond donors (Lipinski definition) is 0. The Balaban J connectivity index is 1.40. The zero-order valence-corrected chi connectivity index (χ0v) is 20.8. The zero-order chi connectivity index (χ0) is 23.3.